The Hall–Kier alpha value is -1.03. The largest absolute Gasteiger partial charge is 0.396 e. The van der Waals surface area contributed by atoms with E-state index >= 15 is 0 Å². The van der Waals surface area contributed by atoms with Crippen molar-refractivity contribution in [1.29, 1.82) is 0 Å². The zero-order valence-electron chi connectivity index (χ0n) is 8.29. The lowest BCUT2D eigenvalue weighted by Gasteiger charge is -2.00. The molecule has 1 aromatic heterocycles. The molecule has 0 spiro atoms. The zero-order valence-corrected chi connectivity index (χ0v) is 8.29. The van der Waals surface area contributed by atoms with Gasteiger partial charge in [0.1, 0.15) is 0 Å². The van der Waals surface area contributed by atoms with Crippen LogP contribution in [0.3, 0.4) is 0 Å². The van der Waals surface area contributed by atoms with Crippen molar-refractivity contribution in [2.75, 3.05) is 19.5 Å². The summed E-state index contributed by atoms with van der Waals surface area (Å²) in [6, 6.07) is 0. The molecule has 4 nitrogen and oxygen atoms in total. The number of aryl methyl sites for hydroxylation is 2. The molecule has 0 amide bonds. The van der Waals surface area contributed by atoms with Gasteiger partial charge in [-0.15, -0.1) is 0 Å². The minimum absolute atomic E-state index is 0.770. The van der Waals surface area contributed by atoms with E-state index in [0.717, 1.165) is 37.4 Å². The molecule has 0 aliphatic heterocycles. The monoisotopic (exact) mass is 183 g/mol. The maximum atomic E-state index is 5.66. The number of ether oxygens (including phenoxy) is 1. The molecule has 1 aromatic rings. The average Bonchev–Trinajstić information content (AvgIpc) is 2.41. The van der Waals surface area contributed by atoms with Crippen molar-refractivity contribution in [2.45, 2.75) is 26.3 Å². The Morgan fingerprint density at radius 3 is 2.85 bits per heavy atom. The first-order chi connectivity index (χ1) is 6.24. The first-order valence-electron chi connectivity index (χ1n) is 4.52. The lowest BCUT2D eigenvalue weighted by molar-refractivity contribution is 0.191. The van der Waals surface area contributed by atoms with Crippen molar-refractivity contribution in [3.05, 3.63) is 11.9 Å². The summed E-state index contributed by atoms with van der Waals surface area (Å²) >= 11 is 0. The van der Waals surface area contributed by atoms with Gasteiger partial charge < -0.3 is 10.5 Å². The highest BCUT2D eigenvalue weighted by atomic mass is 16.5. The third-order valence-corrected chi connectivity index (χ3v) is 1.97. The highest BCUT2D eigenvalue weighted by molar-refractivity contribution is 5.39. The summed E-state index contributed by atoms with van der Waals surface area (Å²) in [5.41, 5.74) is 7.34. The fraction of sp³-hybridized carbons (Fsp3) is 0.667. The molecule has 1 heterocycles. The second-order valence-electron chi connectivity index (χ2n) is 3.13. The van der Waals surface area contributed by atoms with Crippen LogP contribution in [0.2, 0.25) is 0 Å². The number of hydrogen-bond acceptors (Lipinski definition) is 3. The highest BCUT2D eigenvalue weighted by Crippen LogP contribution is 2.07. The van der Waals surface area contributed by atoms with Gasteiger partial charge in [0.25, 0.3) is 0 Å². The number of nitrogens with zero attached hydrogens (tertiary/aromatic N) is 2. The molecule has 0 radical (unpaired) electrons. The predicted octanol–water partition coefficient (Wildman–Crippen LogP) is 1.20. The van der Waals surface area contributed by atoms with E-state index in [0.29, 0.717) is 0 Å². The van der Waals surface area contributed by atoms with E-state index in [1.165, 1.54) is 0 Å². The standard InChI is InChI=1S/C9H17N3O/c1-8-9(10)7-12(11-8)5-3-4-6-13-2/h7H,3-6,10H2,1-2H3. The molecule has 0 saturated carbocycles. The fourth-order valence-corrected chi connectivity index (χ4v) is 1.17. The summed E-state index contributed by atoms with van der Waals surface area (Å²) < 4.78 is 6.84. The van der Waals surface area contributed by atoms with Crippen molar-refractivity contribution in [3.8, 4) is 0 Å². The molecule has 0 unspecified atom stereocenters. The first kappa shape index (κ1) is 10.1. The van der Waals surface area contributed by atoms with Crippen LogP contribution in [0.25, 0.3) is 0 Å². The molecular formula is C9H17N3O. The lowest BCUT2D eigenvalue weighted by atomic mass is 10.3. The Morgan fingerprint density at radius 2 is 2.31 bits per heavy atom. The van der Waals surface area contributed by atoms with E-state index in [9.17, 15) is 0 Å². The zero-order chi connectivity index (χ0) is 9.68. The molecule has 1 rings (SSSR count). The maximum absolute atomic E-state index is 5.66. The molecule has 0 aliphatic rings. The quantitative estimate of drug-likeness (QED) is 0.698. The van der Waals surface area contributed by atoms with Crippen LogP contribution in [0.4, 0.5) is 5.69 Å². The summed E-state index contributed by atoms with van der Waals surface area (Å²) in [7, 11) is 1.72. The lowest BCUT2D eigenvalue weighted by Crippen LogP contribution is -2.00. The SMILES string of the molecule is COCCCCn1cc(N)c(C)n1. The van der Waals surface area contributed by atoms with E-state index < -0.39 is 0 Å². The van der Waals surface area contributed by atoms with Crippen LogP contribution in [-0.4, -0.2) is 23.5 Å². The van der Waals surface area contributed by atoms with Crippen LogP contribution in [-0.2, 0) is 11.3 Å². The Labute approximate surface area is 78.7 Å². The minimum Gasteiger partial charge on any atom is -0.396 e. The van der Waals surface area contributed by atoms with Crippen LogP contribution >= 0.6 is 0 Å². The van der Waals surface area contributed by atoms with Gasteiger partial charge in [-0.05, 0) is 19.8 Å². The molecular weight excluding hydrogens is 166 g/mol. The van der Waals surface area contributed by atoms with Crippen molar-refractivity contribution in [2.24, 2.45) is 0 Å². The summed E-state index contributed by atoms with van der Waals surface area (Å²) in [6.45, 7) is 3.65. The van der Waals surface area contributed by atoms with Crippen molar-refractivity contribution in [1.82, 2.24) is 9.78 Å². The topological polar surface area (TPSA) is 53.1 Å². The predicted molar refractivity (Wildman–Crippen MR) is 52.5 cm³/mol. The number of unbranched alkanes of at least 4 members (excludes halogenated alkanes) is 1. The number of aromatic nitrogens is 2. The van der Waals surface area contributed by atoms with E-state index in [4.69, 9.17) is 10.5 Å². The van der Waals surface area contributed by atoms with Gasteiger partial charge in [0.15, 0.2) is 0 Å². The average molecular weight is 183 g/mol. The molecule has 74 valence electrons. The molecule has 0 bridgehead atoms. The van der Waals surface area contributed by atoms with Gasteiger partial charge in [0.2, 0.25) is 0 Å². The van der Waals surface area contributed by atoms with Crippen LogP contribution in [0.15, 0.2) is 6.20 Å². The summed E-state index contributed by atoms with van der Waals surface area (Å²) in [5, 5.41) is 4.26. The molecule has 0 saturated heterocycles. The summed E-state index contributed by atoms with van der Waals surface area (Å²) in [6.07, 6.45) is 4.02. The maximum Gasteiger partial charge on any atom is 0.0822 e. The van der Waals surface area contributed by atoms with E-state index in [1.54, 1.807) is 7.11 Å². The van der Waals surface area contributed by atoms with Crippen molar-refractivity contribution >= 4 is 5.69 Å². The van der Waals surface area contributed by atoms with Gasteiger partial charge in [0, 0.05) is 26.5 Å². The highest BCUT2D eigenvalue weighted by Gasteiger charge is 1.99. The van der Waals surface area contributed by atoms with Gasteiger partial charge in [-0.2, -0.15) is 5.10 Å². The Morgan fingerprint density at radius 1 is 1.54 bits per heavy atom. The first-order valence-corrected chi connectivity index (χ1v) is 4.52. The second kappa shape index (κ2) is 4.87. The van der Waals surface area contributed by atoms with Crippen molar-refractivity contribution < 1.29 is 4.74 Å². The second-order valence-corrected chi connectivity index (χ2v) is 3.13. The molecule has 0 aliphatic carbocycles. The van der Waals surface area contributed by atoms with Crippen LogP contribution in [0.1, 0.15) is 18.5 Å². The Kier molecular flexibility index (Phi) is 3.76. The van der Waals surface area contributed by atoms with Crippen molar-refractivity contribution in [3.63, 3.8) is 0 Å². The minimum atomic E-state index is 0.770. The summed E-state index contributed by atoms with van der Waals surface area (Å²) in [4.78, 5) is 0. The molecule has 4 heteroatoms. The fourth-order valence-electron chi connectivity index (χ4n) is 1.17. The smallest absolute Gasteiger partial charge is 0.0822 e. The number of anilines is 1. The van der Waals surface area contributed by atoms with E-state index in [-0.39, 0.29) is 0 Å². The number of nitrogen functional groups attached to an aromatic ring is 1. The Balaban J connectivity index is 2.29. The molecule has 2 N–H and O–H groups in total. The third-order valence-electron chi connectivity index (χ3n) is 1.97. The summed E-state index contributed by atoms with van der Waals surface area (Å²) in [5.74, 6) is 0. The molecule has 0 fully saturated rings. The molecule has 13 heavy (non-hydrogen) atoms. The normalized spacial score (nSPS) is 10.6. The Bertz CT molecular complexity index is 238. The van der Waals surface area contributed by atoms with Gasteiger partial charge in [-0.25, -0.2) is 0 Å². The number of hydrogen-bond donors (Lipinski definition) is 1. The van der Waals surface area contributed by atoms with Gasteiger partial charge >= 0.3 is 0 Å². The van der Waals surface area contributed by atoms with E-state index in [2.05, 4.69) is 5.10 Å². The van der Waals surface area contributed by atoms with Gasteiger partial charge in [-0.3, -0.25) is 4.68 Å². The molecule has 0 atom stereocenters. The number of nitrogens with two attached hydrogens (primary N) is 1. The third kappa shape index (κ3) is 3.06. The van der Waals surface area contributed by atoms with Crippen LogP contribution < -0.4 is 5.73 Å². The number of rotatable bonds is 5. The van der Waals surface area contributed by atoms with Gasteiger partial charge in [-0.1, -0.05) is 0 Å². The molecule has 0 aromatic carbocycles. The van der Waals surface area contributed by atoms with Crippen LogP contribution in [0.5, 0.6) is 0 Å². The number of methoxy groups -OCH3 is 1. The van der Waals surface area contributed by atoms with Crippen LogP contribution in [0, 0.1) is 6.92 Å². The van der Waals surface area contributed by atoms with E-state index in [1.807, 2.05) is 17.8 Å². The van der Waals surface area contributed by atoms with Gasteiger partial charge in [0.05, 0.1) is 11.4 Å².